The average molecular weight is 212 g/mol. The molecule has 1 aromatic carbocycles. The highest BCUT2D eigenvalue weighted by atomic mass is 15.3. The molecule has 0 radical (unpaired) electrons. The van der Waals surface area contributed by atoms with Crippen molar-refractivity contribution in [2.45, 2.75) is 6.54 Å². The standard InChI is InChI=1S/C12H12N4/c1-2-8-13-9-12-15-14-10-16(12)11-6-4-3-5-7-11/h1,3-7,10,13H,8-9H2. The average Bonchev–Trinajstić information content (AvgIpc) is 2.79. The van der Waals surface area contributed by atoms with E-state index in [4.69, 9.17) is 6.42 Å². The third-order valence-corrected chi connectivity index (χ3v) is 2.16. The molecule has 0 aliphatic rings. The molecule has 0 atom stereocenters. The van der Waals surface area contributed by atoms with E-state index in [2.05, 4.69) is 21.4 Å². The molecular weight excluding hydrogens is 200 g/mol. The fourth-order valence-corrected chi connectivity index (χ4v) is 1.43. The fourth-order valence-electron chi connectivity index (χ4n) is 1.43. The maximum atomic E-state index is 5.16. The molecular formula is C12H12N4. The van der Waals surface area contributed by atoms with Crippen LogP contribution in [0.1, 0.15) is 5.82 Å². The number of para-hydroxylation sites is 1. The van der Waals surface area contributed by atoms with Gasteiger partial charge in [-0.3, -0.25) is 9.88 Å². The molecule has 80 valence electrons. The Kier molecular flexibility index (Phi) is 3.31. The molecule has 0 aliphatic heterocycles. The molecule has 16 heavy (non-hydrogen) atoms. The summed E-state index contributed by atoms with van der Waals surface area (Å²) >= 11 is 0. The van der Waals surface area contributed by atoms with Crippen LogP contribution in [-0.4, -0.2) is 21.3 Å². The first-order valence-corrected chi connectivity index (χ1v) is 5.00. The van der Waals surface area contributed by atoms with Crippen LogP contribution in [0.15, 0.2) is 36.7 Å². The summed E-state index contributed by atoms with van der Waals surface area (Å²) in [4.78, 5) is 0. The van der Waals surface area contributed by atoms with Gasteiger partial charge in [0.15, 0.2) is 5.82 Å². The summed E-state index contributed by atoms with van der Waals surface area (Å²) < 4.78 is 1.93. The van der Waals surface area contributed by atoms with Crippen LogP contribution in [0.3, 0.4) is 0 Å². The fraction of sp³-hybridized carbons (Fsp3) is 0.167. The Morgan fingerprint density at radius 2 is 2.12 bits per heavy atom. The summed E-state index contributed by atoms with van der Waals surface area (Å²) in [6.07, 6.45) is 6.86. The smallest absolute Gasteiger partial charge is 0.151 e. The van der Waals surface area contributed by atoms with Crippen molar-refractivity contribution in [3.05, 3.63) is 42.5 Å². The van der Waals surface area contributed by atoms with E-state index >= 15 is 0 Å². The molecule has 0 fully saturated rings. The van der Waals surface area contributed by atoms with Gasteiger partial charge < -0.3 is 0 Å². The number of nitrogens with one attached hydrogen (secondary N) is 1. The molecule has 4 heteroatoms. The molecule has 2 aromatic rings. The molecule has 2 rings (SSSR count). The minimum absolute atomic E-state index is 0.529. The highest BCUT2D eigenvalue weighted by Crippen LogP contribution is 2.08. The van der Waals surface area contributed by atoms with Gasteiger partial charge in [-0.05, 0) is 12.1 Å². The van der Waals surface area contributed by atoms with Crippen molar-refractivity contribution < 1.29 is 0 Å². The Balaban J connectivity index is 2.17. The second-order valence-electron chi connectivity index (χ2n) is 3.26. The monoisotopic (exact) mass is 212 g/mol. The zero-order valence-corrected chi connectivity index (χ0v) is 8.80. The molecule has 0 aliphatic carbocycles. The molecule has 0 saturated heterocycles. The summed E-state index contributed by atoms with van der Waals surface area (Å²) in [5.41, 5.74) is 1.05. The second kappa shape index (κ2) is 5.10. The molecule has 0 unspecified atom stereocenters. The van der Waals surface area contributed by atoms with E-state index in [-0.39, 0.29) is 0 Å². The van der Waals surface area contributed by atoms with Gasteiger partial charge in [0, 0.05) is 5.69 Å². The number of terminal acetylenes is 1. The highest BCUT2D eigenvalue weighted by Gasteiger charge is 2.04. The minimum Gasteiger partial charge on any atom is -0.299 e. The minimum atomic E-state index is 0.529. The van der Waals surface area contributed by atoms with E-state index in [0.717, 1.165) is 11.5 Å². The summed E-state index contributed by atoms with van der Waals surface area (Å²) in [5.74, 6) is 3.37. The van der Waals surface area contributed by atoms with Crippen LogP contribution in [0.5, 0.6) is 0 Å². The van der Waals surface area contributed by atoms with Gasteiger partial charge in [0.25, 0.3) is 0 Å². The molecule has 4 nitrogen and oxygen atoms in total. The lowest BCUT2D eigenvalue weighted by atomic mass is 10.3. The third-order valence-electron chi connectivity index (χ3n) is 2.16. The summed E-state index contributed by atoms with van der Waals surface area (Å²) in [6, 6.07) is 9.95. The lowest BCUT2D eigenvalue weighted by Gasteiger charge is -2.05. The van der Waals surface area contributed by atoms with Gasteiger partial charge in [-0.1, -0.05) is 24.1 Å². The van der Waals surface area contributed by atoms with Crippen molar-refractivity contribution in [1.29, 1.82) is 0 Å². The number of aromatic nitrogens is 3. The van der Waals surface area contributed by atoms with Crippen LogP contribution in [-0.2, 0) is 6.54 Å². The van der Waals surface area contributed by atoms with E-state index < -0.39 is 0 Å². The Bertz CT molecular complexity index is 481. The van der Waals surface area contributed by atoms with Crippen LogP contribution in [0, 0.1) is 12.3 Å². The predicted molar refractivity (Wildman–Crippen MR) is 61.9 cm³/mol. The van der Waals surface area contributed by atoms with E-state index in [9.17, 15) is 0 Å². The van der Waals surface area contributed by atoms with Crippen LogP contribution < -0.4 is 5.32 Å². The van der Waals surface area contributed by atoms with Crippen molar-refractivity contribution in [2.24, 2.45) is 0 Å². The van der Waals surface area contributed by atoms with E-state index in [1.807, 2.05) is 34.9 Å². The normalized spacial score (nSPS) is 9.94. The van der Waals surface area contributed by atoms with Gasteiger partial charge >= 0.3 is 0 Å². The van der Waals surface area contributed by atoms with Crippen LogP contribution >= 0.6 is 0 Å². The number of hydrogen-bond acceptors (Lipinski definition) is 3. The SMILES string of the molecule is C#CCNCc1nncn1-c1ccccc1. The molecule has 0 saturated carbocycles. The first-order valence-electron chi connectivity index (χ1n) is 5.00. The Morgan fingerprint density at radius 1 is 1.31 bits per heavy atom. The van der Waals surface area contributed by atoms with E-state index in [0.29, 0.717) is 13.1 Å². The summed E-state index contributed by atoms with van der Waals surface area (Å²) in [7, 11) is 0. The summed E-state index contributed by atoms with van der Waals surface area (Å²) in [5, 5.41) is 11.0. The molecule has 1 heterocycles. The van der Waals surface area contributed by atoms with Gasteiger partial charge in [-0.15, -0.1) is 16.6 Å². The van der Waals surface area contributed by atoms with Crippen molar-refractivity contribution in [2.75, 3.05) is 6.54 Å². The van der Waals surface area contributed by atoms with Gasteiger partial charge in [0.1, 0.15) is 6.33 Å². The first kappa shape index (κ1) is 10.4. The Labute approximate surface area is 94.3 Å². The van der Waals surface area contributed by atoms with Gasteiger partial charge in [-0.25, -0.2) is 0 Å². The second-order valence-corrected chi connectivity index (χ2v) is 3.26. The quantitative estimate of drug-likeness (QED) is 0.607. The Hall–Kier alpha value is -2.12. The predicted octanol–water partition coefficient (Wildman–Crippen LogP) is 0.990. The van der Waals surface area contributed by atoms with Crippen molar-refractivity contribution in [3.8, 4) is 18.0 Å². The number of hydrogen-bond donors (Lipinski definition) is 1. The molecule has 0 spiro atoms. The van der Waals surface area contributed by atoms with Crippen molar-refractivity contribution >= 4 is 0 Å². The zero-order chi connectivity index (χ0) is 11.2. The van der Waals surface area contributed by atoms with E-state index in [1.165, 1.54) is 0 Å². The highest BCUT2D eigenvalue weighted by molar-refractivity contribution is 5.31. The Morgan fingerprint density at radius 3 is 2.88 bits per heavy atom. The molecule has 0 bridgehead atoms. The lowest BCUT2D eigenvalue weighted by molar-refractivity contribution is 0.706. The van der Waals surface area contributed by atoms with Crippen LogP contribution in [0.2, 0.25) is 0 Å². The van der Waals surface area contributed by atoms with Gasteiger partial charge in [0.05, 0.1) is 13.1 Å². The zero-order valence-electron chi connectivity index (χ0n) is 8.80. The van der Waals surface area contributed by atoms with Crippen LogP contribution in [0.4, 0.5) is 0 Å². The molecule has 1 aromatic heterocycles. The number of benzene rings is 1. The largest absolute Gasteiger partial charge is 0.299 e. The molecule has 0 amide bonds. The summed E-state index contributed by atoms with van der Waals surface area (Å²) in [6.45, 7) is 1.14. The topological polar surface area (TPSA) is 42.7 Å². The van der Waals surface area contributed by atoms with Gasteiger partial charge in [-0.2, -0.15) is 0 Å². The van der Waals surface area contributed by atoms with Gasteiger partial charge in [0.2, 0.25) is 0 Å². The van der Waals surface area contributed by atoms with Crippen LogP contribution in [0.25, 0.3) is 5.69 Å². The number of rotatable bonds is 4. The van der Waals surface area contributed by atoms with Crippen molar-refractivity contribution in [1.82, 2.24) is 20.1 Å². The maximum absolute atomic E-state index is 5.16. The third kappa shape index (κ3) is 2.27. The van der Waals surface area contributed by atoms with E-state index in [1.54, 1.807) is 6.33 Å². The lowest BCUT2D eigenvalue weighted by Crippen LogP contribution is -2.16. The van der Waals surface area contributed by atoms with Crippen molar-refractivity contribution in [3.63, 3.8) is 0 Å². The molecule has 1 N–H and O–H groups in total. The first-order chi connectivity index (χ1) is 7.92. The maximum Gasteiger partial charge on any atom is 0.151 e. The number of nitrogens with zero attached hydrogens (tertiary/aromatic N) is 3.